The summed E-state index contributed by atoms with van der Waals surface area (Å²) < 4.78 is 13.8. The average molecular weight is 323 g/mol. The normalized spacial score (nSPS) is 10.3. The summed E-state index contributed by atoms with van der Waals surface area (Å²) in [7, 11) is 0. The standard InChI is InChI=1S/C14H12BrFN2O/c1-8-4-9(15)6-11(5-8)18-14(19)12-3-2-10(16)7-13(12)17/h2-7H,17H2,1H3,(H,18,19). The lowest BCUT2D eigenvalue weighted by molar-refractivity contribution is 0.102. The first-order valence-electron chi connectivity index (χ1n) is 5.59. The van der Waals surface area contributed by atoms with Gasteiger partial charge in [0.1, 0.15) is 5.82 Å². The zero-order chi connectivity index (χ0) is 14.0. The first kappa shape index (κ1) is 13.5. The highest BCUT2D eigenvalue weighted by atomic mass is 79.9. The number of anilines is 2. The van der Waals surface area contributed by atoms with E-state index < -0.39 is 5.82 Å². The topological polar surface area (TPSA) is 55.1 Å². The van der Waals surface area contributed by atoms with Gasteiger partial charge in [-0.15, -0.1) is 0 Å². The molecule has 2 aromatic rings. The van der Waals surface area contributed by atoms with E-state index in [1.165, 1.54) is 12.1 Å². The van der Waals surface area contributed by atoms with Gasteiger partial charge in [0.05, 0.1) is 5.56 Å². The zero-order valence-electron chi connectivity index (χ0n) is 10.2. The average Bonchev–Trinajstić information content (AvgIpc) is 2.26. The molecule has 2 rings (SSSR count). The monoisotopic (exact) mass is 322 g/mol. The number of amides is 1. The van der Waals surface area contributed by atoms with E-state index in [0.717, 1.165) is 16.1 Å². The van der Waals surface area contributed by atoms with Crippen LogP contribution in [0, 0.1) is 12.7 Å². The second-order valence-electron chi connectivity index (χ2n) is 4.20. The van der Waals surface area contributed by atoms with Gasteiger partial charge in [-0.05, 0) is 48.9 Å². The molecule has 0 aliphatic carbocycles. The highest BCUT2D eigenvalue weighted by Gasteiger charge is 2.11. The van der Waals surface area contributed by atoms with Crippen LogP contribution in [0.15, 0.2) is 40.9 Å². The van der Waals surface area contributed by atoms with Gasteiger partial charge in [-0.1, -0.05) is 15.9 Å². The fourth-order valence-corrected chi connectivity index (χ4v) is 2.36. The molecule has 5 heteroatoms. The summed E-state index contributed by atoms with van der Waals surface area (Å²) in [4.78, 5) is 12.0. The molecule has 0 saturated heterocycles. The maximum absolute atomic E-state index is 12.9. The van der Waals surface area contributed by atoms with Crippen molar-refractivity contribution in [3.63, 3.8) is 0 Å². The van der Waals surface area contributed by atoms with Crippen molar-refractivity contribution in [2.75, 3.05) is 11.1 Å². The second kappa shape index (κ2) is 5.40. The van der Waals surface area contributed by atoms with Gasteiger partial charge in [0.2, 0.25) is 0 Å². The molecule has 0 heterocycles. The van der Waals surface area contributed by atoms with Crippen molar-refractivity contribution in [3.8, 4) is 0 Å². The van der Waals surface area contributed by atoms with Gasteiger partial charge < -0.3 is 11.1 Å². The van der Waals surface area contributed by atoms with Crippen LogP contribution in [0.4, 0.5) is 15.8 Å². The van der Waals surface area contributed by atoms with E-state index in [2.05, 4.69) is 21.2 Å². The minimum Gasteiger partial charge on any atom is -0.398 e. The lowest BCUT2D eigenvalue weighted by Crippen LogP contribution is -2.14. The Balaban J connectivity index is 2.25. The number of aryl methyl sites for hydroxylation is 1. The molecule has 0 bridgehead atoms. The molecule has 0 aromatic heterocycles. The summed E-state index contributed by atoms with van der Waals surface area (Å²) >= 11 is 3.36. The highest BCUT2D eigenvalue weighted by molar-refractivity contribution is 9.10. The molecule has 3 N–H and O–H groups in total. The van der Waals surface area contributed by atoms with Crippen molar-refractivity contribution in [3.05, 3.63) is 57.8 Å². The summed E-state index contributed by atoms with van der Waals surface area (Å²) in [6.07, 6.45) is 0. The first-order chi connectivity index (χ1) is 8.95. The number of carbonyl (C=O) groups is 1. The van der Waals surface area contributed by atoms with Gasteiger partial charge in [-0.2, -0.15) is 0 Å². The van der Waals surface area contributed by atoms with Crippen molar-refractivity contribution in [1.82, 2.24) is 0 Å². The van der Waals surface area contributed by atoms with E-state index >= 15 is 0 Å². The predicted octanol–water partition coefficient (Wildman–Crippen LogP) is 3.73. The molecule has 0 saturated carbocycles. The van der Waals surface area contributed by atoms with E-state index in [9.17, 15) is 9.18 Å². The van der Waals surface area contributed by atoms with Crippen LogP contribution in [0.3, 0.4) is 0 Å². The molecular weight excluding hydrogens is 311 g/mol. The molecule has 0 unspecified atom stereocenters. The number of halogens is 2. The summed E-state index contributed by atoms with van der Waals surface area (Å²) in [5.41, 5.74) is 7.65. The van der Waals surface area contributed by atoms with Crippen LogP contribution in [0.25, 0.3) is 0 Å². The van der Waals surface area contributed by atoms with Gasteiger partial charge in [-0.3, -0.25) is 4.79 Å². The summed E-state index contributed by atoms with van der Waals surface area (Å²) in [6, 6.07) is 9.25. The Labute approximate surface area is 118 Å². The van der Waals surface area contributed by atoms with Crippen molar-refractivity contribution in [2.24, 2.45) is 0 Å². The van der Waals surface area contributed by atoms with E-state index in [1.807, 2.05) is 19.1 Å². The number of nitrogens with one attached hydrogen (secondary N) is 1. The van der Waals surface area contributed by atoms with Crippen LogP contribution in [0.1, 0.15) is 15.9 Å². The van der Waals surface area contributed by atoms with Gasteiger partial charge in [-0.25, -0.2) is 4.39 Å². The SMILES string of the molecule is Cc1cc(Br)cc(NC(=O)c2ccc(F)cc2N)c1. The largest absolute Gasteiger partial charge is 0.398 e. The molecule has 0 radical (unpaired) electrons. The Hall–Kier alpha value is -1.88. The van der Waals surface area contributed by atoms with Gasteiger partial charge in [0.15, 0.2) is 0 Å². The van der Waals surface area contributed by atoms with E-state index in [1.54, 1.807) is 6.07 Å². The number of hydrogen-bond acceptors (Lipinski definition) is 2. The number of benzene rings is 2. The Bertz CT molecular complexity index is 623. The Morgan fingerprint density at radius 3 is 2.63 bits per heavy atom. The fraction of sp³-hybridized carbons (Fsp3) is 0.0714. The molecule has 0 fully saturated rings. The van der Waals surface area contributed by atoms with Crippen LogP contribution < -0.4 is 11.1 Å². The number of hydrogen-bond donors (Lipinski definition) is 2. The summed E-state index contributed by atoms with van der Waals surface area (Å²) in [5.74, 6) is -0.831. The minimum atomic E-state index is -0.465. The molecule has 19 heavy (non-hydrogen) atoms. The highest BCUT2D eigenvalue weighted by Crippen LogP contribution is 2.21. The number of carbonyl (C=O) groups excluding carboxylic acids is 1. The molecule has 1 amide bonds. The molecule has 0 aliphatic rings. The van der Waals surface area contributed by atoms with E-state index in [0.29, 0.717) is 5.69 Å². The van der Waals surface area contributed by atoms with Crippen LogP contribution in [-0.4, -0.2) is 5.91 Å². The fourth-order valence-electron chi connectivity index (χ4n) is 1.75. The van der Waals surface area contributed by atoms with Crippen LogP contribution in [0.5, 0.6) is 0 Å². The molecule has 3 nitrogen and oxygen atoms in total. The minimum absolute atomic E-state index is 0.115. The molecular formula is C14H12BrFN2O. The third-order valence-electron chi connectivity index (χ3n) is 2.56. The summed E-state index contributed by atoms with van der Waals surface area (Å²) in [5, 5.41) is 2.73. The third kappa shape index (κ3) is 3.32. The molecule has 98 valence electrons. The molecule has 0 spiro atoms. The van der Waals surface area contributed by atoms with Crippen LogP contribution in [0.2, 0.25) is 0 Å². The lowest BCUT2D eigenvalue weighted by atomic mass is 10.1. The Morgan fingerprint density at radius 2 is 2.00 bits per heavy atom. The van der Waals surface area contributed by atoms with E-state index in [-0.39, 0.29) is 17.2 Å². The van der Waals surface area contributed by atoms with Gasteiger partial charge in [0.25, 0.3) is 5.91 Å². The van der Waals surface area contributed by atoms with Crippen molar-refractivity contribution < 1.29 is 9.18 Å². The summed E-state index contributed by atoms with van der Waals surface area (Å²) in [6.45, 7) is 1.92. The predicted molar refractivity (Wildman–Crippen MR) is 77.6 cm³/mol. The molecule has 0 aliphatic heterocycles. The third-order valence-corrected chi connectivity index (χ3v) is 3.02. The molecule has 2 aromatic carbocycles. The maximum Gasteiger partial charge on any atom is 0.257 e. The zero-order valence-corrected chi connectivity index (χ0v) is 11.8. The number of rotatable bonds is 2. The maximum atomic E-state index is 12.9. The van der Waals surface area contributed by atoms with Gasteiger partial charge in [0, 0.05) is 15.8 Å². The van der Waals surface area contributed by atoms with E-state index in [4.69, 9.17) is 5.73 Å². The number of nitrogens with two attached hydrogens (primary N) is 1. The first-order valence-corrected chi connectivity index (χ1v) is 6.38. The smallest absolute Gasteiger partial charge is 0.257 e. The van der Waals surface area contributed by atoms with Crippen molar-refractivity contribution in [1.29, 1.82) is 0 Å². The Morgan fingerprint density at radius 1 is 1.26 bits per heavy atom. The molecule has 0 atom stereocenters. The van der Waals surface area contributed by atoms with Crippen LogP contribution in [-0.2, 0) is 0 Å². The number of nitrogen functional groups attached to an aromatic ring is 1. The van der Waals surface area contributed by atoms with Crippen molar-refractivity contribution in [2.45, 2.75) is 6.92 Å². The lowest BCUT2D eigenvalue weighted by Gasteiger charge is -2.09. The van der Waals surface area contributed by atoms with Gasteiger partial charge >= 0.3 is 0 Å². The quantitative estimate of drug-likeness (QED) is 0.828. The van der Waals surface area contributed by atoms with Crippen LogP contribution >= 0.6 is 15.9 Å². The Kier molecular flexibility index (Phi) is 3.85. The second-order valence-corrected chi connectivity index (χ2v) is 5.12. The van der Waals surface area contributed by atoms with Crippen molar-refractivity contribution >= 4 is 33.2 Å².